The fraction of sp³-hybridized carbons (Fsp3) is 0.350. The summed E-state index contributed by atoms with van der Waals surface area (Å²) in [5.74, 6) is 0.890. The van der Waals surface area contributed by atoms with Crippen LogP contribution in [0, 0.1) is 0 Å². The van der Waals surface area contributed by atoms with E-state index in [9.17, 15) is 4.79 Å². The number of imidazole rings is 1. The van der Waals surface area contributed by atoms with Crippen LogP contribution in [-0.4, -0.2) is 55.7 Å². The fourth-order valence-corrected chi connectivity index (χ4v) is 3.86. The van der Waals surface area contributed by atoms with Gasteiger partial charge >= 0.3 is 0 Å². The summed E-state index contributed by atoms with van der Waals surface area (Å²) in [6.07, 6.45) is 4.85. The van der Waals surface area contributed by atoms with Gasteiger partial charge in [-0.15, -0.1) is 0 Å². The number of aromatic nitrogens is 6. The Morgan fingerprint density at radius 3 is 2.59 bits per heavy atom. The molecule has 1 aliphatic heterocycles. The predicted octanol–water partition coefficient (Wildman–Crippen LogP) is 1.97. The first kappa shape index (κ1) is 17.6. The molecule has 3 aromatic heterocycles. The molecule has 1 saturated heterocycles. The molecule has 0 bridgehead atoms. The standard InChI is InChI=1S/C20H22N8O/c1-13(2)28-12-25-16-9-14(3-4-15(16)20(28)29)26-5-7-27(8-6-26)19-17-18(22-10-21-17)23-11-24-19/h3-4,9-13H,5-8H2,1-2H3,(H,21,22,23,24). The zero-order valence-electron chi connectivity index (χ0n) is 16.4. The van der Waals surface area contributed by atoms with E-state index < -0.39 is 0 Å². The van der Waals surface area contributed by atoms with E-state index in [0.717, 1.165) is 48.7 Å². The molecule has 1 aromatic carbocycles. The highest BCUT2D eigenvalue weighted by atomic mass is 16.1. The van der Waals surface area contributed by atoms with Crippen LogP contribution in [0.25, 0.3) is 22.1 Å². The third-order valence-electron chi connectivity index (χ3n) is 5.47. The van der Waals surface area contributed by atoms with Crippen LogP contribution in [0.1, 0.15) is 19.9 Å². The number of nitrogens with one attached hydrogen (secondary N) is 1. The number of H-pyrrole nitrogens is 1. The topological polar surface area (TPSA) is 95.8 Å². The van der Waals surface area contributed by atoms with Gasteiger partial charge in [0.1, 0.15) is 11.8 Å². The van der Waals surface area contributed by atoms with Crippen LogP contribution in [0.15, 0.2) is 42.0 Å². The summed E-state index contributed by atoms with van der Waals surface area (Å²) in [7, 11) is 0. The van der Waals surface area contributed by atoms with Crippen LogP contribution in [0.2, 0.25) is 0 Å². The van der Waals surface area contributed by atoms with Gasteiger partial charge in [0.25, 0.3) is 5.56 Å². The summed E-state index contributed by atoms with van der Waals surface area (Å²) >= 11 is 0. The lowest BCUT2D eigenvalue weighted by Gasteiger charge is -2.36. The average molecular weight is 390 g/mol. The van der Waals surface area contributed by atoms with Gasteiger partial charge < -0.3 is 14.8 Å². The number of hydrogen-bond acceptors (Lipinski definition) is 7. The van der Waals surface area contributed by atoms with Crippen LogP contribution in [-0.2, 0) is 0 Å². The number of hydrogen-bond donors (Lipinski definition) is 1. The van der Waals surface area contributed by atoms with Crippen LogP contribution in [0.4, 0.5) is 11.5 Å². The maximum Gasteiger partial charge on any atom is 0.261 e. The van der Waals surface area contributed by atoms with Crippen LogP contribution in [0.3, 0.4) is 0 Å². The van der Waals surface area contributed by atoms with Gasteiger partial charge in [-0.2, -0.15) is 0 Å². The molecule has 0 unspecified atom stereocenters. The maximum atomic E-state index is 12.6. The normalized spacial score (nSPS) is 15.0. The highest BCUT2D eigenvalue weighted by Gasteiger charge is 2.21. The fourth-order valence-electron chi connectivity index (χ4n) is 3.86. The zero-order valence-corrected chi connectivity index (χ0v) is 16.4. The van der Waals surface area contributed by atoms with Gasteiger partial charge in [0.15, 0.2) is 11.5 Å². The van der Waals surface area contributed by atoms with Crippen molar-refractivity contribution in [2.75, 3.05) is 36.0 Å². The molecular formula is C20H22N8O. The molecule has 1 N–H and O–H groups in total. The van der Waals surface area contributed by atoms with Crippen molar-refractivity contribution in [3.63, 3.8) is 0 Å². The van der Waals surface area contributed by atoms with Crippen molar-refractivity contribution < 1.29 is 0 Å². The molecule has 1 fully saturated rings. The first-order valence-electron chi connectivity index (χ1n) is 9.76. The van der Waals surface area contributed by atoms with E-state index in [0.29, 0.717) is 11.0 Å². The molecule has 9 nitrogen and oxygen atoms in total. The molecule has 1 aliphatic rings. The summed E-state index contributed by atoms with van der Waals surface area (Å²) < 4.78 is 1.67. The largest absolute Gasteiger partial charge is 0.368 e. The quantitative estimate of drug-likeness (QED) is 0.571. The van der Waals surface area contributed by atoms with Gasteiger partial charge in [-0.05, 0) is 32.0 Å². The molecule has 0 amide bonds. The Bertz CT molecular complexity index is 1240. The van der Waals surface area contributed by atoms with Crippen LogP contribution in [0.5, 0.6) is 0 Å². The van der Waals surface area contributed by atoms with E-state index in [2.05, 4.69) is 34.7 Å². The van der Waals surface area contributed by atoms with Crippen molar-refractivity contribution in [3.8, 4) is 0 Å². The highest BCUT2D eigenvalue weighted by molar-refractivity contribution is 5.83. The smallest absolute Gasteiger partial charge is 0.261 e. The Hall–Kier alpha value is -3.49. The van der Waals surface area contributed by atoms with Crippen LogP contribution < -0.4 is 15.4 Å². The van der Waals surface area contributed by atoms with E-state index >= 15 is 0 Å². The van der Waals surface area contributed by atoms with Crippen molar-refractivity contribution in [1.82, 2.24) is 29.5 Å². The number of anilines is 2. The molecule has 5 rings (SSSR count). The number of benzene rings is 1. The second-order valence-corrected chi connectivity index (χ2v) is 7.52. The molecule has 0 radical (unpaired) electrons. The van der Waals surface area contributed by atoms with Crippen molar-refractivity contribution in [2.24, 2.45) is 0 Å². The molecule has 0 atom stereocenters. The first-order chi connectivity index (χ1) is 14.1. The molecule has 9 heteroatoms. The zero-order chi connectivity index (χ0) is 20.0. The van der Waals surface area contributed by atoms with Crippen molar-refractivity contribution in [3.05, 3.63) is 47.5 Å². The minimum atomic E-state index is 0.00806. The summed E-state index contributed by atoms with van der Waals surface area (Å²) in [6.45, 7) is 7.36. The van der Waals surface area contributed by atoms with Gasteiger partial charge in [0.05, 0.1) is 23.6 Å². The van der Waals surface area contributed by atoms with E-state index in [4.69, 9.17) is 0 Å². The number of piperazine rings is 1. The van der Waals surface area contributed by atoms with E-state index in [1.807, 2.05) is 32.0 Å². The number of nitrogens with zero attached hydrogens (tertiary/aromatic N) is 7. The molecule has 0 saturated carbocycles. The maximum absolute atomic E-state index is 12.6. The molecule has 29 heavy (non-hydrogen) atoms. The Morgan fingerprint density at radius 1 is 1.00 bits per heavy atom. The molecular weight excluding hydrogens is 368 g/mol. The highest BCUT2D eigenvalue weighted by Crippen LogP contribution is 2.24. The van der Waals surface area contributed by atoms with Crippen LogP contribution >= 0.6 is 0 Å². The summed E-state index contributed by atoms with van der Waals surface area (Å²) in [4.78, 5) is 37.7. The summed E-state index contributed by atoms with van der Waals surface area (Å²) in [5, 5.41) is 0.659. The van der Waals surface area contributed by atoms with Crippen molar-refractivity contribution in [2.45, 2.75) is 19.9 Å². The van der Waals surface area contributed by atoms with Gasteiger partial charge in [-0.3, -0.25) is 9.36 Å². The second kappa shape index (κ2) is 6.84. The predicted molar refractivity (Wildman–Crippen MR) is 112 cm³/mol. The minimum Gasteiger partial charge on any atom is -0.368 e. The molecule has 4 heterocycles. The second-order valence-electron chi connectivity index (χ2n) is 7.52. The summed E-state index contributed by atoms with van der Waals surface area (Å²) in [6, 6.07) is 6.01. The van der Waals surface area contributed by atoms with Gasteiger partial charge in [-0.1, -0.05) is 0 Å². The number of aromatic amines is 1. The first-order valence-corrected chi connectivity index (χ1v) is 9.76. The Labute approximate surface area is 167 Å². The molecule has 148 valence electrons. The van der Waals surface area contributed by atoms with Gasteiger partial charge in [-0.25, -0.2) is 19.9 Å². The van der Waals surface area contributed by atoms with Crippen molar-refractivity contribution >= 4 is 33.6 Å². The Morgan fingerprint density at radius 2 is 1.79 bits per heavy atom. The Kier molecular flexibility index (Phi) is 4.15. The number of fused-ring (bicyclic) bond motifs is 2. The third kappa shape index (κ3) is 2.98. The number of rotatable bonds is 3. The lowest BCUT2D eigenvalue weighted by atomic mass is 10.2. The van der Waals surface area contributed by atoms with E-state index in [1.165, 1.54) is 0 Å². The van der Waals surface area contributed by atoms with Crippen molar-refractivity contribution in [1.29, 1.82) is 0 Å². The molecule has 0 spiro atoms. The lowest BCUT2D eigenvalue weighted by molar-refractivity contribution is 0.573. The minimum absolute atomic E-state index is 0.00806. The molecule has 0 aliphatic carbocycles. The van der Waals surface area contributed by atoms with E-state index in [-0.39, 0.29) is 11.6 Å². The third-order valence-corrected chi connectivity index (χ3v) is 5.47. The Balaban J connectivity index is 1.38. The van der Waals surface area contributed by atoms with E-state index in [1.54, 1.807) is 23.5 Å². The average Bonchev–Trinajstić information content (AvgIpc) is 3.22. The molecule has 4 aromatic rings. The SMILES string of the molecule is CC(C)n1cnc2cc(N3CCN(c4ncnc5nc[nH]c45)CC3)ccc2c1=O. The lowest BCUT2D eigenvalue weighted by Crippen LogP contribution is -2.47. The monoisotopic (exact) mass is 390 g/mol. The summed E-state index contributed by atoms with van der Waals surface area (Å²) in [5.41, 5.74) is 3.39. The van der Waals surface area contributed by atoms with Gasteiger partial charge in [0, 0.05) is 37.9 Å². The van der Waals surface area contributed by atoms with Gasteiger partial charge in [0.2, 0.25) is 0 Å².